The third-order valence-electron chi connectivity index (χ3n) is 14.2. The van der Waals surface area contributed by atoms with Gasteiger partial charge < -0.3 is 18.9 Å². The van der Waals surface area contributed by atoms with Crippen LogP contribution < -0.4 is 0 Å². The molecule has 132 valence electrons. The first-order valence-corrected chi connectivity index (χ1v) is 11.5. The summed E-state index contributed by atoms with van der Waals surface area (Å²) in [4.78, 5) is 0. The van der Waals surface area contributed by atoms with Crippen LogP contribution in [0.1, 0.15) is 0 Å². The maximum absolute atomic E-state index is 7.21. The lowest BCUT2D eigenvalue weighted by molar-refractivity contribution is -0.0708. The first-order chi connectivity index (χ1) is 12.9. The highest BCUT2D eigenvalue weighted by atomic mass is 16.7. The number of epoxide rings is 2. The molecule has 0 amide bonds. The Hall–Kier alpha value is -0.160. The number of fused-ring (bicyclic) bond motifs is 2. The predicted octanol–water partition coefficient (Wildman–Crippen LogP) is 0.549. The molecule has 0 radical (unpaired) electrons. The Morgan fingerprint density at radius 2 is 0.808 bits per heavy atom. The SMILES string of the molecule is C1OC2C3C4C5C2C26OC27C2C8COC(C4C49OC34C3C1C6C2C3C89)C57. The van der Waals surface area contributed by atoms with Crippen molar-refractivity contribution in [1.29, 1.82) is 0 Å². The Morgan fingerprint density at radius 3 is 1.19 bits per heavy atom. The summed E-state index contributed by atoms with van der Waals surface area (Å²) in [5.41, 5.74) is 0.934. The summed E-state index contributed by atoms with van der Waals surface area (Å²) in [6.45, 7) is 2.09. The van der Waals surface area contributed by atoms with Crippen molar-refractivity contribution in [3.05, 3.63) is 0 Å². The molecular weight excluding hydrogens is 328 g/mol. The van der Waals surface area contributed by atoms with Crippen LogP contribution in [0.25, 0.3) is 0 Å². The number of hydrogen-bond donors (Lipinski definition) is 0. The summed E-state index contributed by atoms with van der Waals surface area (Å²) >= 11 is 0. The molecule has 4 heteroatoms. The van der Waals surface area contributed by atoms with Crippen LogP contribution in [0.15, 0.2) is 0 Å². The Kier molecular flexibility index (Phi) is 0.998. The Balaban J connectivity index is 1.38. The minimum atomic E-state index is 0.234. The average molecular weight is 348 g/mol. The van der Waals surface area contributed by atoms with E-state index in [0.717, 1.165) is 72.4 Å². The van der Waals surface area contributed by atoms with E-state index in [1.54, 1.807) is 0 Å². The summed E-state index contributed by atoms with van der Waals surface area (Å²) in [7, 11) is 0. The highest BCUT2D eigenvalue weighted by Gasteiger charge is 3.13. The van der Waals surface area contributed by atoms with Crippen molar-refractivity contribution in [1.82, 2.24) is 0 Å². The quantitative estimate of drug-likeness (QED) is 0.600. The van der Waals surface area contributed by atoms with Crippen molar-refractivity contribution in [2.45, 2.75) is 34.6 Å². The Morgan fingerprint density at radius 1 is 0.462 bits per heavy atom. The average Bonchev–Trinajstić information content (AvgIpc) is 3.02. The molecule has 26 heavy (non-hydrogen) atoms. The zero-order chi connectivity index (χ0) is 15.5. The molecule has 12 atom stereocenters. The second-order valence-corrected chi connectivity index (χ2v) is 12.8. The van der Waals surface area contributed by atoms with Crippen molar-refractivity contribution < 1.29 is 18.9 Å². The zero-order valence-electron chi connectivity index (χ0n) is 14.3. The molecular formula is C22H20O4. The molecule has 0 N–H and O–H groups in total. The lowest BCUT2D eigenvalue weighted by atomic mass is 9.63. The van der Waals surface area contributed by atoms with Gasteiger partial charge in [-0.3, -0.25) is 0 Å². The number of hydrogen-bond acceptors (Lipinski definition) is 4. The van der Waals surface area contributed by atoms with E-state index in [2.05, 4.69) is 0 Å². The summed E-state index contributed by atoms with van der Waals surface area (Å²) in [6.07, 6.45) is 0.935. The molecule has 4 nitrogen and oxygen atoms in total. The second-order valence-electron chi connectivity index (χ2n) is 12.8. The van der Waals surface area contributed by atoms with Crippen LogP contribution in [0.3, 0.4) is 0 Å². The molecule has 14 aliphatic rings. The molecule has 14 fully saturated rings. The fourth-order valence-corrected chi connectivity index (χ4v) is 15.6. The van der Waals surface area contributed by atoms with E-state index in [1.807, 2.05) is 0 Å². The van der Waals surface area contributed by atoms with Gasteiger partial charge in [0.2, 0.25) is 0 Å². The van der Waals surface area contributed by atoms with Crippen LogP contribution in [-0.4, -0.2) is 47.8 Å². The molecule has 6 saturated heterocycles. The smallest absolute Gasteiger partial charge is 0.108 e. The highest BCUT2D eigenvalue weighted by molar-refractivity contribution is 5.59. The van der Waals surface area contributed by atoms with E-state index >= 15 is 0 Å². The molecule has 0 aromatic carbocycles. The lowest BCUT2D eigenvalue weighted by Gasteiger charge is -2.36. The lowest BCUT2D eigenvalue weighted by Crippen LogP contribution is -2.50. The zero-order valence-corrected chi connectivity index (χ0v) is 14.3. The minimum Gasteiger partial charge on any atom is -0.377 e. The van der Waals surface area contributed by atoms with Crippen molar-refractivity contribution >= 4 is 0 Å². The van der Waals surface area contributed by atoms with Gasteiger partial charge in [-0.05, 0) is 35.5 Å². The summed E-state index contributed by atoms with van der Waals surface area (Å²) < 4.78 is 28.1. The van der Waals surface area contributed by atoms with Crippen molar-refractivity contribution in [3.63, 3.8) is 0 Å². The molecule has 6 aliphatic heterocycles. The Bertz CT molecular complexity index is 787. The molecule has 8 aliphatic carbocycles. The van der Waals surface area contributed by atoms with Crippen molar-refractivity contribution in [2.24, 2.45) is 82.9 Å². The number of ether oxygens (including phenoxy) is 4. The highest BCUT2D eigenvalue weighted by Crippen LogP contribution is 3.04. The molecule has 0 aromatic heterocycles. The fraction of sp³-hybridized carbons (Fsp3) is 1.00. The number of rotatable bonds is 0. The fourth-order valence-electron chi connectivity index (χ4n) is 15.6. The second kappa shape index (κ2) is 2.33. The van der Waals surface area contributed by atoms with Crippen LogP contribution in [0.4, 0.5) is 0 Å². The molecule has 12 unspecified atom stereocenters. The van der Waals surface area contributed by atoms with Gasteiger partial charge in [0.1, 0.15) is 22.4 Å². The molecule has 0 aromatic rings. The molecule has 4 bridgehead atoms. The van der Waals surface area contributed by atoms with Gasteiger partial charge in [0.25, 0.3) is 0 Å². The third kappa shape index (κ3) is 0.512. The predicted molar refractivity (Wildman–Crippen MR) is 81.4 cm³/mol. The van der Waals surface area contributed by atoms with Crippen LogP contribution in [0, 0.1) is 82.9 Å². The first-order valence-electron chi connectivity index (χ1n) is 11.5. The van der Waals surface area contributed by atoms with E-state index in [1.165, 1.54) is 0 Å². The minimum absolute atomic E-state index is 0.234. The molecule has 8 saturated carbocycles. The van der Waals surface area contributed by atoms with Crippen molar-refractivity contribution in [2.75, 3.05) is 13.2 Å². The topological polar surface area (TPSA) is 43.5 Å². The molecule has 4 spiro atoms. The normalized spacial score (nSPS) is 102. The van der Waals surface area contributed by atoms with E-state index < -0.39 is 0 Å². The van der Waals surface area contributed by atoms with Crippen LogP contribution >= 0.6 is 0 Å². The van der Waals surface area contributed by atoms with Gasteiger partial charge in [-0.1, -0.05) is 0 Å². The monoisotopic (exact) mass is 348 g/mol. The largest absolute Gasteiger partial charge is 0.377 e. The van der Waals surface area contributed by atoms with Crippen LogP contribution in [0.2, 0.25) is 0 Å². The van der Waals surface area contributed by atoms with Gasteiger partial charge in [-0.15, -0.1) is 0 Å². The van der Waals surface area contributed by atoms with Crippen molar-refractivity contribution in [3.8, 4) is 0 Å². The maximum atomic E-state index is 7.21. The van der Waals surface area contributed by atoms with E-state index in [0.29, 0.717) is 35.9 Å². The maximum Gasteiger partial charge on any atom is 0.108 e. The third-order valence-corrected chi connectivity index (χ3v) is 14.2. The van der Waals surface area contributed by atoms with Crippen LogP contribution in [0.5, 0.6) is 0 Å². The Labute approximate surface area is 150 Å². The first kappa shape index (κ1) is 11.1. The van der Waals surface area contributed by atoms with Gasteiger partial charge in [-0.2, -0.15) is 0 Å². The van der Waals surface area contributed by atoms with Gasteiger partial charge >= 0.3 is 0 Å². The van der Waals surface area contributed by atoms with E-state index in [-0.39, 0.29) is 22.4 Å². The van der Waals surface area contributed by atoms with Gasteiger partial charge in [0.05, 0.1) is 25.4 Å². The summed E-state index contributed by atoms with van der Waals surface area (Å²) in [5, 5.41) is 0. The standard InChI is InChI=1S/C22H20O4/c1-3-9-5-6-10(3)20-14-8-7-13(17(14)23-1)19(9)21(25-19)11(5)4-2-24-18(15(7)21)16(8)22(20,26-20)12(4)6/h3-18H,1-2H2. The van der Waals surface area contributed by atoms with Gasteiger partial charge in [-0.25, -0.2) is 0 Å². The molecule has 6 heterocycles. The van der Waals surface area contributed by atoms with E-state index in [4.69, 9.17) is 18.9 Å². The van der Waals surface area contributed by atoms with Gasteiger partial charge in [0.15, 0.2) is 0 Å². The summed E-state index contributed by atoms with van der Waals surface area (Å²) in [5.74, 6) is 11.2. The van der Waals surface area contributed by atoms with Gasteiger partial charge in [0, 0.05) is 47.3 Å². The molecule has 14 rings (SSSR count). The van der Waals surface area contributed by atoms with Crippen LogP contribution in [-0.2, 0) is 18.9 Å². The van der Waals surface area contributed by atoms with E-state index in [9.17, 15) is 0 Å². The summed E-state index contributed by atoms with van der Waals surface area (Å²) in [6, 6.07) is 0.